The van der Waals surface area contributed by atoms with Crippen LogP contribution in [0.3, 0.4) is 0 Å². The molecule has 0 saturated carbocycles. The molecule has 3 heteroatoms. The van der Waals surface area contributed by atoms with Crippen molar-refractivity contribution in [2.45, 2.75) is 39.2 Å². The van der Waals surface area contributed by atoms with Crippen molar-refractivity contribution in [1.29, 1.82) is 0 Å². The number of benzene rings is 1. The Morgan fingerprint density at radius 1 is 1.38 bits per heavy atom. The number of hydrogen-bond donors (Lipinski definition) is 0. The molecule has 1 unspecified atom stereocenters. The Kier molecular flexibility index (Phi) is 3.24. The topological polar surface area (TPSA) is 9.23 Å². The molecule has 0 radical (unpaired) electrons. The van der Waals surface area contributed by atoms with E-state index in [1.54, 1.807) is 6.92 Å². The first kappa shape index (κ1) is 11.5. The summed E-state index contributed by atoms with van der Waals surface area (Å²) in [4.78, 5) is 0. The van der Waals surface area contributed by atoms with Crippen molar-refractivity contribution in [3.63, 3.8) is 0 Å². The minimum Gasteiger partial charge on any atom is -0.378 e. The number of aryl methyl sites for hydroxylation is 1. The van der Waals surface area contributed by atoms with E-state index in [1.165, 1.54) is 6.07 Å². The van der Waals surface area contributed by atoms with Crippen molar-refractivity contribution in [2.75, 3.05) is 6.61 Å². The molecule has 1 atom stereocenters. The summed E-state index contributed by atoms with van der Waals surface area (Å²) in [7, 11) is 0. The molecule has 0 aliphatic heterocycles. The van der Waals surface area contributed by atoms with Crippen molar-refractivity contribution in [3.8, 4) is 0 Å². The van der Waals surface area contributed by atoms with Gasteiger partial charge in [0.1, 0.15) is 11.6 Å². The van der Waals surface area contributed by atoms with Crippen molar-refractivity contribution < 1.29 is 13.5 Å². The SMILES string of the molecule is CCOC1CCc2c(F)c(C)cc(F)c2C1. The second-order valence-electron chi connectivity index (χ2n) is 4.27. The van der Waals surface area contributed by atoms with Gasteiger partial charge in [-0.3, -0.25) is 0 Å². The summed E-state index contributed by atoms with van der Waals surface area (Å²) in [6.07, 6.45) is 1.88. The smallest absolute Gasteiger partial charge is 0.129 e. The van der Waals surface area contributed by atoms with Crippen LogP contribution in [0.4, 0.5) is 8.78 Å². The lowest BCUT2D eigenvalue weighted by atomic mass is 9.87. The highest BCUT2D eigenvalue weighted by atomic mass is 19.1. The van der Waals surface area contributed by atoms with Gasteiger partial charge in [-0.2, -0.15) is 0 Å². The van der Waals surface area contributed by atoms with Gasteiger partial charge in [0, 0.05) is 13.0 Å². The second kappa shape index (κ2) is 4.50. The third-order valence-corrected chi connectivity index (χ3v) is 3.16. The fraction of sp³-hybridized carbons (Fsp3) is 0.538. The molecule has 88 valence electrons. The molecule has 1 aromatic carbocycles. The van der Waals surface area contributed by atoms with Gasteiger partial charge >= 0.3 is 0 Å². The van der Waals surface area contributed by atoms with Gasteiger partial charge in [0.25, 0.3) is 0 Å². The van der Waals surface area contributed by atoms with E-state index in [2.05, 4.69) is 0 Å². The highest BCUT2D eigenvalue weighted by Crippen LogP contribution is 2.29. The summed E-state index contributed by atoms with van der Waals surface area (Å²) in [5, 5.41) is 0. The zero-order chi connectivity index (χ0) is 11.7. The normalized spacial score (nSPS) is 19.6. The van der Waals surface area contributed by atoms with Crippen LogP contribution in [0.5, 0.6) is 0 Å². The minimum absolute atomic E-state index is 0.0362. The van der Waals surface area contributed by atoms with Crippen molar-refractivity contribution >= 4 is 0 Å². The zero-order valence-electron chi connectivity index (χ0n) is 9.65. The molecule has 16 heavy (non-hydrogen) atoms. The number of hydrogen-bond acceptors (Lipinski definition) is 1. The Bertz CT molecular complexity index is 401. The van der Waals surface area contributed by atoms with Gasteiger partial charge in [-0.15, -0.1) is 0 Å². The quantitative estimate of drug-likeness (QED) is 0.752. The van der Waals surface area contributed by atoms with Crippen molar-refractivity contribution in [2.24, 2.45) is 0 Å². The predicted molar refractivity (Wildman–Crippen MR) is 58.5 cm³/mol. The van der Waals surface area contributed by atoms with Crippen LogP contribution in [0.25, 0.3) is 0 Å². The largest absolute Gasteiger partial charge is 0.378 e. The summed E-state index contributed by atoms with van der Waals surface area (Å²) in [6.45, 7) is 4.14. The molecule has 0 spiro atoms. The van der Waals surface area contributed by atoms with Crippen molar-refractivity contribution in [3.05, 3.63) is 34.4 Å². The number of fused-ring (bicyclic) bond motifs is 1. The second-order valence-corrected chi connectivity index (χ2v) is 4.27. The Morgan fingerprint density at radius 3 is 2.81 bits per heavy atom. The highest BCUT2D eigenvalue weighted by molar-refractivity contribution is 5.37. The van der Waals surface area contributed by atoms with Crippen LogP contribution in [0.1, 0.15) is 30.0 Å². The van der Waals surface area contributed by atoms with Gasteiger partial charge in [-0.25, -0.2) is 8.78 Å². The van der Waals surface area contributed by atoms with Gasteiger partial charge in [-0.05, 0) is 49.4 Å². The lowest BCUT2D eigenvalue weighted by Crippen LogP contribution is -2.24. The van der Waals surface area contributed by atoms with E-state index in [0.29, 0.717) is 36.1 Å². The van der Waals surface area contributed by atoms with Crippen LogP contribution < -0.4 is 0 Å². The van der Waals surface area contributed by atoms with E-state index >= 15 is 0 Å². The molecule has 0 saturated heterocycles. The molecule has 1 aromatic rings. The summed E-state index contributed by atoms with van der Waals surface area (Å²) < 4.78 is 32.9. The van der Waals surface area contributed by atoms with Crippen LogP contribution in [0.2, 0.25) is 0 Å². The van der Waals surface area contributed by atoms with Crippen LogP contribution in [-0.4, -0.2) is 12.7 Å². The Labute approximate surface area is 94.4 Å². The van der Waals surface area contributed by atoms with Gasteiger partial charge in [-0.1, -0.05) is 0 Å². The first-order valence-electron chi connectivity index (χ1n) is 5.71. The lowest BCUT2D eigenvalue weighted by molar-refractivity contribution is 0.0522. The number of ether oxygens (including phenoxy) is 1. The molecule has 0 fully saturated rings. The van der Waals surface area contributed by atoms with E-state index in [9.17, 15) is 8.78 Å². The maximum atomic E-state index is 13.8. The minimum atomic E-state index is -0.293. The Hall–Kier alpha value is -0.960. The van der Waals surface area contributed by atoms with Gasteiger partial charge in [0.15, 0.2) is 0 Å². The van der Waals surface area contributed by atoms with Crippen LogP contribution in [0, 0.1) is 18.6 Å². The van der Waals surface area contributed by atoms with Crippen LogP contribution in [-0.2, 0) is 17.6 Å². The monoisotopic (exact) mass is 226 g/mol. The third kappa shape index (κ3) is 1.96. The maximum absolute atomic E-state index is 13.8. The first-order chi connectivity index (χ1) is 7.63. The summed E-state index contributed by atoms with van der Waals surface area (Å²) in [5.74, 6) is -0.537. The summed E-state index contributed by atoms with van der Waals surface area (Å²) in [5.41, 5.74) is 1.45. The Balaban J connectivity index is 2.35. The van der Waals surface area contributed by atoms with E-state index in [1.807, 2.05) is 6.92 Å². The molecule has 0 amide bonds. The van der Waals surface area contributed by atoms with Crippen molar-refractivity contribution in [1.82, 2.24) is 0 Å². The average molecular weight is 226 g/mol. The molecule has 1 nitrogen and oxygen atoms in total. The molecule has 0 aromatic heterocycles. The molecule has 0 bridgehead atoms. The summed E-state index contributed by atoms with van der Waals surface area (Å²) >= 11 is 0. The van der Waals surface area contributed by atoms with Gasteiger partial charge in [0.05, 0.1) is 6.10 Å². The first-order valence-corrected chi connectivity index (χ1v) is 5.71. The third-order valence-electron chi connectivity index (χ3n) is 3.16. The molecular formula is C13H16F2O. The van der Waals surface area contributed by atoms with Crippen LogP contribution in [0.15, 0.2) is 6.07 Å². The maximum Gasteiger partial charge on any atom is 0.129 e. The predicted octanol–water partition coefficient (Wildman–Crippen LogP) is 3.17. The van der Waals surface area contributed by atoms with E-state index < -0.39 is 0 Å². The van der Waals surface area contributed by atoms with Gasteiger partial charge < -0.3 is 4.74 Å². The lowest BCUT2D eigenvalue weighted by Gasteiger charge is -2.25. The highest BCUT2D eigenvalue weighted by Gasteiger charge is 2.25. The van der Waals surface area contributed by atoms with E-state index in [4.69, 9.17) is 4.74 Å². The molecule has 0 N–H and O–H groups in total. The van der Waals surface area contributed by atoms with E-state index in [-0.39, 0.29) is 17.7 Å². The van der Waals surface area contributed by atoms with Gasteiger partial charge in [0.2, 0.25) is 0 Å². The molecule has 2 rings (SSSR count). The summed E-state index contributed by atoms with van der Waals surface area (Å²) in [6, 6.07) is 1.28. The average Bonchev–Trinajstić information content (AvgIpc) is 2.27. The number of rotatable bonds is 2. The fourth-order valence-corrected chi connectivity index (χ4v) is 2.35. The molecule has 0 heterocycles. The molecule has 1 aliphatic rings. The van der Waals surface area contributed by atoms with Crippen LogP contribution >= 0.6 is 0 Å². The fourth-order valence-electron chi connectivity index (χ4n) is 2.35. The number of halogens is 2. The molecule has 1 aliphatic carbocycles. The standard InChI is InChI=1S/C13H16F2O/c1-3-16-9-4-5-10-11(7-9)12(14)6-8(2)13(10)15/h6,9H,3-5,7H2,1-2H3. The van der Waals surface area contributed by atoms with E-state index in [0.717, 1.165) is 6.42 Å². The zero-order valence-corrected chi connectivity index (χ0v) is 9.65. The Morgan fingerprint density at radius 2 is 2.12 bits per heavy atom. The molecular weight excluding hydrogens is 210 g/mol.